The molecule has 4 heteroatoms. The standard InChI is InChI=1S/C13H17Cl2NO/c14-12-2-1-11(13(15)7-12)9-16-5-3-10(8-16)4-6-17/h1-2,7,10,17H,3-6,8-9H2. The molecule has 1 heterocycles. The Hall–Kier alpha value is -0.280. The van der Waals surface area contributed by atoms with Crippen LogP contribution in [0.15, 0.2) is 18.2 Å². The maximum absolute atomic E-state index is 8.92. The van der Waals surface area contributed by atoms with Gasteiger partial charge in [0, 0.05) is 29.7 Å². The van der Waals surface area contributed by atoms with Crippen molar-refractivity contribution in [3.05, 3.63) is 33.8 Å². The second kappa shape index (κ2) is 6.05. The Kier molecular flexibility index (Phi) is 4.69. The summed E-state index contributed by atoms with van der Waals surface area (Å²) in [6.45, 7) is 3.31. The maximum Gasteiger partial charge on any atom is 0.0465 e. The molecule has 2 nitrogen and oxygen atoms in total. The molecular formula is C13H17Cl2NO. The van der Waals surface area contributed by atoms with Crippen molar-refractivity contribution in [3.8, 4) is 0 Å². The van der Waals surface area contributed by atoms with Crippen molar-refractivity contribution in [2.75, 3.05) is 19.7 Å². The zero-order chi connectivity index (χ0) is 12.3. The molecule has 0 aliphatic carbocycles. The van der Waals surface area contributed by atoms with Crippen molar-refractivity contribution in [1.29, 1.82) is 0 Å². The number of aliphatic hydroxyl groups is 1. The first-order valence-electron chi connectivity index (χ1n) is 5.96. The lowest BCUT2D eigenvalue weighted by atomic mass is 10.1. The van der Waals surface area contributed by atoms with Gasteiger partial charge in [-0.15, -0.1) is 0 Å². The van der Waals surface area contributed by atoms with Gasteiger partial charge in [0.1, 0.15) is 0 Å². The summed E-state index contributed by atoms with van der Waals surface area (Å²) in [4.78, 5) is 2.38. The van der Waals surface area contributed by atoms with Crippen molar-refractivity contribution in [2.45, 2.75) is 19.4 Å². The van der Waals surface area contributed by atoms with Gasteiger partial charge in [-0.05, 0) is 43.0 Å². The van der Waals surface area contributed by atoms with Crippen LogP contribution in [0.1, 0.15) is 18.4 Å². The van der Waals surface area contributed by atoms with Crippen LogP contribution in [0.2, 0.25) is 10.0 Å². The lowest BCUT2D eigenvalue weighted by Crippen LogP contribution is -2.20. The molecule has 1 aromatic rings. The molecule has 1 N–H and O–H groups in total. The molecule has 1 aromatic carbocycles. The molecule has 1 atom stereocenters. The highest BCUT2D eigenvalue weighted by atomic mass is 35.5. The van der Waals surface area contributed by atoms with E-state index in [9.17, 15) is 0 Å². The number of likely N-dealkylation sites (tertiary alicyclic amines) is 1. The summed E-state index contributed by atoms with van der Waals surface area (Å²) in [7, 11) is 0. The monoisotopic (exact) mass is 273 g/mol. The molecule has 0 radical (unpaired) electrons. The minimum absolute atomic E-state index is 0.292. The van der Waals surface area contributed by atoms with E-state index in [4.69, 9.17) is 28.3 Å². The third-order valence-corrected chi connectivity index (χ3v) is 3.90. The number of benzene rings is 1. The average Bonchev–Trinajstić information content (AvgIpc) is 2.71. The quantitative estimate of drug-likeness (QED) is 0.911. The van der Waals surface area contributed by atoms with Crippen LogP contribution in [0.5, 0.6) is 0 Å². The molecule has 0 aromatic heterocycles. The van der Waals surface area contributed by atoms with E-state index in [2.05, 4.69) is 4.90 Å². The molecule has 1 unspecified atom stereocenters. The van der Waals surface area contributed by atoms with Crippen molar-refractivity contribution in [1.82, 2.24) is 4.90 Å². The molecule has 2 rings (SSSR count). The van der Waals surface area contributed by atoms with Crippen LogP contribution in [0, 0.1) is 5.92 Å². The highest BCUT2D eigenvalue weighted by Gasteiger charge is 2.22. The zero-order valence-electron chi connectivity index (χ0n) is 9.70. The van der Waals surface area contributed by atoms with E-state index in [-0.39, 0.29) is 0 Å². The molecular weight excluding hydrogens is 257 g/mol. The lowest BCUT2D eigenvalue weighted by Gasteiger charge is -2.16. The lowest BCUT2D eigenvalue weighted by molar-refractivity contribution is 0.249. The second-order valence-electron chi connectivity index (χ2n) is 4.64. The third kappa shape index (κ3) is 3.59. The molecule has 0 amide bonds. The van der Waals surface area contributed by atoms with Crippen LogP contribution in [-0.4, -0.2) is 29.7 Å². The van der Waals surface area contributed by atoms with Gasteiger partial charge in [0.05, 0.1) is 0 Å². The molecule has 1 saturated heterocycles. The van der Waals surface area contributed by atoms with Gasteiger partial charge in [0.2, 0.25) is 0 Å². The fourth-order valence-electron chi connectivity index (χ4n) is 2.37. The summed E-state index contributed by atoms with van der Waals surface area (Å²) in [5, 5.41) is 10.3. The average molecular weight is 274 g/mol. The normalized spacial score (nSPS) is 21.0. The minimum atomic E-state index is 0.292. The van der Waals surface area contributed by atoms with Gasteiger partial charge in [-0.25, -0.2) is 0 Å². The predicted octanol–water partition coefficient (Wildman–Crippen LogP) is 3.20. The number of hydrogen-bond donors (Lipinski definition) is 1. The van der Waals surface area contributed by atoms with Crippen LogP contribution in [0.3, 0.4) is 0 Å². The van der Waals surface area contributed by atoms with Gasteiger partial charge in [0.25, 0.3) is 0 Å². The summed E-state index contributed by atoms with van der Waals surface area (Å²) < 4.78 is 0. The number of rotatable bonds is 4. The molecule has 1 aliphatic heterocycles. The van der Waals surface area contributed by atoms with Crippen LogP contribution < -0.4 is 0 Å². The van der Waals surface area contributed by atoms with Gasteiger partial charge < -0.3 is 5.11 Å². The predicted molar refractivity (Wildman–Crippen MR) is 71.5 cm³/mol. The fourth-order valence-corrected chi connectivity index (χ4v) is 2.83. The van der Waals surface area contributed by atoms with E-state index in [1.807, 2.05) is 12.1 Å². The summed E-state index contributed by atoms with van der Waals surface area (Å²) in [6.07, 6.45) is 2.08. The first-order valence-corrected chi connectivity index (χ1v) is 6.72. The molecule has 1 fully saturated rings. The van der Waals surface area contributed by atoms with E-state index in [0.717, 1.165) is 36.6 Å². The largest absolute Gasteiger partial charge is 0.396 e. The van der Waals surface area contributed by atoms with E-state index in [0.29, 0.717) is 17.5 Å². The van der Waals surface area contributed by atoms with E-state index >= 15 is 0 Å². The Labute approximate surface area is 112 Å². The molecule has 17 heavy (non-hydrogen) atoms. The van der Waals surface area contributed by atoms with Gasteiger partial charge in [-0.1, -0.05) is 29.3 Å². The SMILES string of the molecule is OCCC1CCN(Cc2ccc(Cl)cc2Cl)C1. The third-order valence-electron chi connectivity index (χ3n) is 3.32. The van der Waals surface area contributed by atoms with Gasteiger partial charge in [0.15, 0.2) is 0 Å². The molecule has 0 spiro atoms. The van der Waals surface area contributed by atoms with Gasteiger partial charge in [-0.3, -0.25) is 4.90 Å². The number of nitrogens with zero attached hydrogens (tertiary/aromatic N) is 1. The first kappa shape index (κ1) is 13.2. The Balaban J connectivity index is 1.93. The summed E-state index contributed by atoms with van der Waals surface area (Å²) in [5.41, 5.74) is 1.13. The number of hydrogen-bond acceptors (Lipinski definition) is 2. The number of halogens is 2. The van der Waals surface area contributed by atoms with Gasteiger partial charge >= 0.3 is 0 Å². The Morgan fingerprint density at radius 1 is 1.35 bits per heavy atom. The van der Waals surface area contributed by atoms with E-state index in [1.165, 1.54) is 6.42 Å². The smallest absolute Gasteiger partial charge is 0.0465 e. The Morgan fingerprint density at radius 3 is 2.88 bits per heavy atom. The topological polar surface area (TPSA) is 23.5 Å². The first-order chi connectivity index (χ1) is 8.19. The summed E-state index contributed by atoms with van der Waals surface area (Å²) >= 11 is 12.0. The molecule has 1 aliphatic rings. The number of aliphatic hydroxyl groups excluding tert-OH is 1. The molecule has 0 bridgehead atoms. The van der Waals surface area contributed by atoms with Crippen molar-refractivity contribution < 1.29 is 5.11 Å². The zero-order valence-corrected chi connectivity index (χ0v) is 11.2. The highest BCUT2D eigenvalue weighted by Crippen LogP contribution is 2.25. The van der Waals surface area contributed by atoms with Crippen molar-refractivity contribution in [3.63, 3.8) is 0 Å². The second-order valence-corrected chi connectivity index (χ2v) is 5.48. The molecule has 94 valence electrons. The van der Waals surface area contributed by atoms with Crippen LogP contribution in [0.25, 0.3) is 0 Å². The molecule has 0 saturated carbocycles. The maximum atomic E-state index is 8.92. The van der Waals surface area contributed by atoms with Crippen LogP contribution >= 0.6 is 23.2 Å². The van der Waals surface area contributed by atoms with Crippen LogP contribution in [-0.2, 0) is 6.54 Å². The van der Waals surface area contributed by atoms with Gasteiger partial charge in [-0.2, -0.15) is 0 Å². The van der Waals surface area contributed by atoms with Crippen LogP contribution in [0.4, 0.5) is 0 Å². The van der Waals surface area contributed by atoms with Crippen molar-refractivity contribution in [2.24, 2.45) is 5.92 Å². The van der Waals surface area contributed by atoms with E-state index < -0.39 is 0 Å². The van der Waals surface area contributed by atoms with Crippen molar-refractivity contribution >= 4 is 23.2 Å². The minimum Gasteiger partial charge on any atom is -0.396 e. The Bertz CT molecular complexity index is 384. The summed E-state index contributed by atoms with van der Waals surface area (Å²) in [6, 6.07) is 5.66. The van der Waals surface area contributed by atoms with E-state index in [1.54, 1.807) is 6.07 Å². The fraction of sp³-hybridized carbons (Fsp3) is 0.538. The highest BCUT2D eigenvalue weighted by molar-refractivity contribution is 6.35. The summed E-state index contributed by atoms with van der Waals surface area (Å²) in [5.74, 6) is 0.631. The Morgan fingerprint density at radius 2 is 2.18 bits per heavy atom.